The number of halogens is 2. The summed E-state index contributed by atoms with van der Waals surface area (Å²) in [5.41, 5.74) is 1.96. The Hall–Kier alpha value is -1.72. The first kappa shape index (κ1) is 17.6. The van der Waals surface area contributed by atoms with Gasteiger partial charge >= 0.3 is 11.9 Å². The second-order valence-electron chi connectivity index (χ2n) is 5.36. The van der Waals surface area contributed by atoms with Crippen LogP contribution in [0.25, 0.3) is 0 Å². The predicted molar refractivity (Wildman–Crippen MR) is 87.7 cm³/mol. The van der Waals surface area contributed by atoms with Crippen LogP contribution in [0.1, 0.15) is 26.7 Å². The van der Waals surface area contributed by atoms with E-state index in [4.69, 9.17) is 27.9 Å². The monoisotopic (exact) mass is 357 g/mol. The summed E-state index contributed by atoms with van der Waals surface area (Å²) in [4.78, 5) is 24.0. The summed E-state index contributed by atoms with van der Waals surface area (Å²) >= 11 is 12.4. The van der Waals surface area contributed by atoms with Crippen LogP contribution < -0.4 is 5.32 Å². The van der Waals surface area contributed by atoms with Gasteiger partial charge in [-0.05, 0) is 32.3 Å². The molecule has 0 aromatic carbocycles. The fraction of sp³-hybridized carbons (Fsp3) is 0.375. The molecule has 124 valence electrons. The van der Waals surface area contributed by atoms with Crippen molar-refractivity contribution < 1.29 is 19.4 Å². The molecule has 0 saturated heterocycles. The van der Waals surface area contributed by atoms with Gasteiger partial charge in [-0.2, -0.15) is 0 Å². The molecule has 0 amide bonds. The van der Waals surface area contributed by atoms with Crippen LogP contribution in [-0.2, 0) is 14.3 Å². The number of dihydropyridines is 1. The van der Waals surface area contributed by atoms with Crippen molar-refractivity contribution in [2.45, 2.75) is 26.7 Å². The van der Waals surface area contributed by atoms with E-state index in [-0.39, 0.29) is 11.1 Å². The van der Waals surface area contributed by atoms with Gasteiger partial charge in [0, 0.05) is 17.3 Å². The first-order valence-electron chi connectivity index (χ1n) is 7.04. The van der Waals surface area contributed by atoms with Crippen LogP contribution in [0.2, 0.25) is 0 Å². The summed E-state index contributed by atoms with van der Waals surface area (Å²) in [5.74, 6) is -2.48. The Labute approximate surface area is 144 Å². The van der Waals surface area contributed by atoms with Gasteiger partial charge in [-0.25, -0.2) is 9.59 Å². The van der Waals surface area contributed by atoms with E-state index in [1.807, 2.05) is 0 Å². The topological polar surface area (TPSA) is 75.6 Å². The zero-order chi connectivity index (χ0) is 17.3. The SMILES string of the molecule is COC(=O)C1=C(C)NC(C)=C(C(=O)O)C1C1=C(Cl)C(Cl)=CCC1. The van der Waals surface area contributed by atoms with E-state index in [2.05, 4.69) is 5.32 Å². The number of hydrogen-bond acceptors (Lipinski definition) is 4. The highest BCUT2D eigenvalue weighted by Crippen LogP contribution is 2.43. The van der Waals surface area contributed by atoms with Gasteiger partial charge in [0.15, 0.2) is 0 Å². The standard InChI is InChI=1S/C16H17Cl2NO4/c1-7-11(15(20)21)13(9-5-4-6-10(17)14(9)18)12(8(2)19-7)16(22)23-3/h6,13,19H,4-5H2,1-3H3,(H,20,21). The van der Waals surface area contributed by atoms with Crippen molar-refractivity contribution in [1.82, 2.24) is 5.32 Å². The van der Waals surface area contributed by atoms with Crippen molar-refractivity contribution in [3.8, 4) is 0 Å². The summed E-state index contributed by atoms with van der Waals surface area (Å²) in [5, 5.41) is 13.2. The van der Waals surface area contributed by atoms with E-state index in [0.29, 0.717) is 39.9 Å². The van der Waals surface area contributed by atoms with E-state index in [1.54, 1.807) is 19.9 Å². The van der Waals surface area contributed by atoms with Gasteiger partial charge in [-0.1, -0.05) is 29.3 Å². The highest BCUT2D eigenvalue weighted by atomic mass is 35.5. The fourth-order valence-corrected chi connectivity index (χ4v) is 3.50. The van der Waals surface area contributed by atoms with Crippen LogP contribution in [-0.4, -0.2) is 24.2 Å². The lowest BCUT2D eigenvalue weighted by atomic mass is 9.77. The number of allylic oxidation sites excluding steroid dienone is 6. The number of methoxy groups -OCH3 is 1. The van der Waals surface area contributed by atoms with Crippen molar-refractivity contribution >= 4 is 35.1 Å². The smallest absolute Gasteiger partial charge is 0.336 e. The third kappa shape index (κ3) is 3.16. The van der Waals surface area contributed by atoms with Crippen LogP contribution in [0, 0.1) is 5.92 Å². The van der Waals surface area contributed by atoms with Gasteiger partial charge in [-0.3, -0.25) is 0 Å². The molecule has 1 aliphatic carbocycles. The van der Waals surface area contributed by atoms with E-state index < -0.39 is 17.9 Å². The predicted octanol–water partition coefficient (Wildman–Crippen LogP) is 3.42. The Morgan fingerprint density at radius 2 is 1.87 bits per heavy atom. The first-order chi connectivity index (χ1) is 10.8. The van der Waals surface area contributed by atoms with Crippen LogP contribution in [0.5, 0.6) is 0 Å². The van der Waals surface area contributed by atoms with Crippen molar-refractivity contribution in [3.63, 3.8) is 0 Å². The summed E-state index contributed by atoms with van der Waals surface area (Å²) in [6.45, 7) is 3.36. The van der Waals surface area contributed by atoms with E-state index in [0.717, 1.165) is 0 Å². The molecule has 0 saturated carbocycles. The normalized spacial score (nSPS) is 22.0. The highest BCUT2D eigenvalue weighted by Gasteiger charge is 2.39. The number of rotatable bonds is 3. The van der Waals surface area contributed by atoms with Crippen LogP contribution in [0.15, 0.2) is 44.3 Å². The van der Waals surface area contributed by atoms with Gasteiger partial charge in [0.1, 0.15) is 0 Å². The van der Waals surface area contributed by atoms with Crippen LogP contribution >= 0.6 is 23.2 Å². The Kier molecular flexibility index (Phi) is 5.22. The number of carboxylic acids is 1. The molecule has 0 spiro atoms. The summed E-state index contributed by atoms with van der Waals surface area (Å²) in [7, 11) is 1.26. The number of ether oxygens (including phenoxy) is 1. The summed E-state index contributed by atoms with van der Waals surface area (Å²) in [6, 6.07) is 0. The van der Waals surface area contributed by atoms with Gasteiger partial charge in [0.25, 0.3) is 0 Å². The molecule has 0 fully saturated rings. The summed E-state index contributed by atoms with van der Waals surface area (Å²) in [6.07, 6.45) is 2.94. The first-order valence-corrected chi connectivity index (χ1v) is 7.79. The maximum absolute atomic E-state index is 12.2. The number of carboxylic acid groups (broad SMARTS) is 1. The molecule has 2 rings (SSSR count). The second-order valence-corrected chi connectivity index (χ2v) is 6.15. The van der Waals surface area contributed by atoms with Crippen molar-refractivity contribution in [3.05, 3.63) is 44.3 Å². The van der Waals surface area contributed by atoms with Crippen LogP contribution in [0.3, 0.4) is 0 Å². The molecule has 1 unspecified atom stereocenters. The molecule has 2 N–H and O–H groups in total. The molecule has 1 atom stereocenters. The molecule has 1 heterocycles. The lowest BCUT2D eigenvalue weighted by Gasteiger charge is -2.32. The average Bonchev–Trinajstić information content (AvgIpc) is 2.48. The number of carbonyl (C=O) groups excluding carboxylic acids is 1. The van der Waals surface area contributed by atoms with Crippen molar-refractivity contribution in [1.29, 1.82) is 0 Å². The minimum atomic E-state index is -1.11. The molecule has 0 bridgehead atoms. The molecule has 2 aliphatic rings. The zero-order valence-electron chi connectivity index (χ0n) is 13.0. The largest absolute Gasteiger partial charge is 0.478 e. The molecule has 23 heavy (non-hydrogen) atoms. The molecular formula is C16H17Cl2NO4. The zero-order valence-corrected chi connectivity index (χ0v) is 14.5. The molecule has 0 aromatic heterocycles. The molecule has 1 aliphatic heterocycles. The highest BCUT2D eigenvalue weighted by molar-refractivity contribution is 6.44. The molecule has 0 radical (unpaired) electrons. The molecular weight excluding hydrogens is 341 g/mol. The van der Waals surface area contributed by atoms with Gasteiger partial charge in [-0.15, -0.1) is 0 Å². The Morgan fingerprint density at radius 1 is 1.26 bits per heavy atom. The lowest BCUT2D eigenvalue weighted by Crippen LogP contribution is -2.34. The fourth-order valence-electron chi connectivity index (χ4n) is 2.98. The summed E-state index contributed by atoms with van der Waals surface area (Å²) < 4.78 is 4.84. The minimum Gasteiger partial charge on any atom is -0.478 e. The maximum Gasteiger partial charge on any atom is 0.336 e. The second kappa shape index (κ2) is 6.81. The molecule has 5 nitrogen and oxygen atoms in total. The van der Waals surface area contributed by atoms with Gasteiger partial charge in [0.05, 0.1) is 28.3 Å². The number of nitrogens with one attached hydrogen (secondary N) is 1. The number of aliphatic carboxylic acids is 1. The van der Waals surface area contributed by atoms with E-state index >= 15 is 0 Å². The van der Waals surface area contributed by atoms with Gasteiger partial charge < -0.3 is 15.2 Å². The number of esters is 1. The van der Waals surface area contributed by atoms with Crippen molar-refractivity contribution in [2.75, 3.05) is 7.11 Å². The lowest BCUT2D eigenvalue weighted by molar-refractivity contribution is -0.136. The third-order valence-electron chi connectivity index (χ3n) is 3.97. The minimum absolute atomic E-state index is 0.0792. The Balaban J connectivity index is 2.71. The maximum atomic E-state index is 12.2. The Morgan fingerprint density at radius 3 is 2.43 bits per heavy atom. The van der Waals surface area contributed by atoms with Crippen LogP contribution in [0.4, 0.5) is 0 Å². The molecule has 0 aromatic rings. The van der Waals surface area contributed by atoms with E-state index in [1.165, 1.54) is 7.11 Å². The Bertz CT molecular complexity index is 701. The number of carbonyl (C=O) groups is 2. The quantitative estimate of drug-likeness (QED) is 0.756. The third-order valence-corrected chi connectivity index (χ3v) is 4.86. The molecule has 7 heteroatoms. The van der Waals surface area contributed by atoms with E-state index in [9.17, 15) is 14.7 Å². The van der Waals surface area contributed by atoms with Gasteiger partial charge in [0.2, 0.25) is 0 Å². The van der Waals surface area contributed by atoms with Crippen molar-refractivity contribution in [2.24, 2.45) is 5.92 Å². The average molecular weight is 358 g/mol. The number of hydrogen-bond donors (Lipinski definition) is 2.